The number of hydrogen-bond acceptors (Lipinski definition) is 4. The van der Waals surface area contributed by atoms with Crippen molar-refractivity contribution in [1.82, 2.24) is 9.78 Å². The van der Waals surface area contributed by atoms with Crippen molar-refractivity contribution in [2.24, 2.45) is 5.73 Å². The monoisotopic (exact) mass is 165 g/mol. The first kappa shape index (κ1) is 8.07. The van der Waals surface area contributed by atoms with E-state index in [-0.39, 0.29) is 17.9 Å². The van der Waals surface area contributed by atoms with Gasteiger partial charge in [-0.25, -0.2) is 4.68 Å². The van der Waals surface area contributed by atoms with Gasteiger partial charge in [0.1, 0.15) is 24.0 Å². The van der Waals surface area contributed by atoms with Crippen molar-refractivity contribution < 1.29 is 4.79 Å². The zero-order valence-corrected chi connectivity index (χ0v) is 6.19. The third kappa shape index (κ3) is 1.34. The zero-order valence-electron chi connectivity index (χ0n) is 6.19. The van der Waals surface area contributed by atoms with Crippen LogP contribution in [0.5, 0.6) is 0 Å². The number of nitrogens with two attached hydrogens (primary N) is 2. The van der Waals surface area contributed by atoms with Crippen LogP contribution < -0.4 is 11.5 Å². The van der Waals surface area contributed by atoms with E-state index in [0.717, 1.165) is 0 Å². The average Bonchev–Trinajstić information content (AvgIpc) is 2.32. The number of anilines is 1. The SMILES string of the molecule is N#Cc1cnn(CC(N)=O)c1N. The fraction of sp³-hybridized carbons (Fsp3) is 0.167. The summed E-state index contributed by atoms with van der Waals surface area (Å²) in [6.45, 7) is -0.104. The highest BCUT2D eigenvalue weighted by Crippen LogP contribution is 2.07. The van der Waals surface area contributed by atoms with E-state index < -0.39 is 5.91 Å². The quantitative estimate of drug-likeness (QED) is 0.574. The summed E-state index contributed by atoms with van der Waals surface area (Å²) < 4.78 is 1.18. The number of amides is 1. The van der Waals surface area contributed by atoms with E-state index in [1.807, 2.05) is 6.07 Å². The van der Waals surface area contributed by atoms with E-state index in [0.29, 0.717) is 0 Å². The lowest BCUT2D eigenvalue weighted by Crippen LogP contribution is -2.20. The largest absolute Gasteiger partial charge is 0.383 e. The van der Waals surface area contributed by atoms with E-state index in [1.165, 1.54) is 10.9 Å². The summed E-state index contributed by atoms with van der Waals surface area (Å²) >= 11 is 0. The molecule has 0 aliphatic carbocycles. The number of nitrogens with zero attached hydrogens (tertiary/aromatic N) is 3. The summed E-state index contributed by atoms with van der Waals surface area (Å²) in [6, 6.07) is 1.83. The van der Waals surface area contributed by atoms with Crippen LogP contribution in [0, 0.1) is 11.3 Å². The molecular weight excluding hydrogens is 158 g/mol. The number of rotatable bonds is 2. The van der Waals surface area contributed by atoms with E-state index in [2.05, 4.69) is 5.10 Å². The molecule has 6 nitrogen and oxygen atoms in total. The van der Waals surface area contributed by atoms with E-state index in [1.54, 1.807) is 0 Å². The number of nitriles is 1. The highest BCUT2D eigenvalue weighted by atomic mass is 16.1. The van der Waals surface area contributed by atoms with Crippen LogP contribution in [0.4, 0.5) is 5.82 Å². The van der Waals surface area contributed by atoms with Crippen molar-refractivity contribution in [2.75, 3.05) is 5.73 Å². The fourth-order valence-electron chi connectivity index (χ4n) is 0.755. The molecule has 1 aromatic heterocycles. The Balaban J connectivity index is 2.96. The number of nitrogen functional groups attached to an aromatic ring is 1. The van der Waals surface area contributed by atoms with Crippen LogP contribution in [0.15, 0.2) is 6.20 Å². The molecule has 1 amide bonds. The van der Waals surface area contributed by atoms with Crippen LogP contribution in [-0.4, -0.2) is 15.7 Å². The summed E-state index contributed by atoms with van der Waals surface area (Å²) in [6.07, 6.45) is 1.29. The van der Waals surface area contributed by atoms with Gasteiger partial charge in [-0.2, -0.15) is 10.4 Å². The number of carbonyl (C=O) groups is 1. The van der Waals surface area contributed by atoms with Gasteiger partial charge in [0.15, 0.2) is 0 Å². The van der Waals surface area contributed by atoms with Crippen LogP contribution in [-0.2, 0) is 11.3 Å². The third-order valence-electron chi connectivity index (χ3n) is 1.31. The lowest BCUT2D eigenvalue weighted by molar-refractivity contribution is -0.118. The Morgan fingerprint density at radius 1 is 1.83 bits per heavy atom. The molecule has 0 bridgehead atoms. The molecule has 4 N–H and O–H groups in total. The van der Waals surface area contributed by atoms with Gasteiger partial charge in [-0.05, 0) is 0 Å². The molecule has 6 heteroatoms. The van der Waals surface area contributed by atoms with Crippen molar-refractivity contribution in [1.29, 1.82) is 5.26 Å². The van der Waals surface area contributed by atoms with Crippen LogP contribution in [0.25, 0.3) is 0 Å². The van der Waals surface area contributed by atoms with Gasteiger partial charge < -0.3 is 11.5 Å². The summed E-state index contributed by atoms with van der Waals surface area (Å²) in [4.78, 5) is 10.4. The average molecular weight is 165 g/mol. The van der Waals surface area contributed by atoms with Crippen molar-refractivity contribution >= 4 is 11.7 Å². The Morgan fingerprint density at radius 2 is 2.50 bits per heavy atom. The predicted molar refractivity (Wildman–Crippen MR) is 40.5 cm³/mol. The first-order valence-corrected chi connectivity index (χ1v) is 3.15. The standard InChI is InChI=1S/C6H7N5O/c7-1-4-2-10-11(6(4)9)3-5(8)12/h2H,3,9H2,(H2,8,12). The maximum Gasteiger partial charge on any atom is 0.239 e. The number of carbonyl (C=O) groups excluding carboxylic acids is 1. The Morgan fingerprint density at radius 3 is 2.92 bits per heavy atom. The highest BCUT2D eigenvalue weighted by Gasteiger charge is 2.07. The molecule has 0 saturated carbocycles. The van der Waals surface area contributed by atoms with Crippen molar-refractivity contribution in [3.8, 4) is 6.07 Å². The van der Waals surface area contributed by atoms with Crippen LogP contribution >= 0.6 is 0 Å². The molecule has 0 aromatic carbocycles. The third-order valence-corrected chi connectivity index (χ3v) is 1.31. The van der Waals surface area contributed by atoms with Gasteiger partial charge in [-0.1, -0.05) is 0 Å². The molecule has 0 aliphatic heterocycles. The van der Waals surface area contributed by atoms with Gasteiger partial charge in [0.25, 0.3) is 0 Å². The molecular formula is C6H7N5O. The minimum Gasteiger partial charge on any atom is -0.383 e. The van der Waals surface area contributed by atoms with Crippen molar-refractivity contribution in [2.45, 2.75) is 6.54 Å². The van der Waals surface area contributed by atoms with Crippen LogP contribution in [0.3, 0.4) is 0 Å². The molecule has 0 fully saturated rings. The van der Waals surface area contributed by atoms with Crippen molar-refractivity contribution in [3.05, 3.63) is 11.8 Å². The number of primary amides is 1. The van der Waals surface area contributed by atoms with Gasteiger partial charge in [0.05, 0.1) is 6.20 Å². The second-order valence-electron chi connectivity index (χ2n) is 2.18. The van der Waals surface area contributed by atoms with E-state index >= 15 is 0 Å². The molecule has 0 saturated heterocycles. The van der Waals surface area contributed by atoms with Gasteiger partial charge in [-0.15, -0.1) is 0 Å². The van der Waals surface area contributed by atoms with Gasteiger partial charge >= 0.3 is 0 Å². The first-order chi connectivity index (χ1) is 5.65. The van der Waals surface area contributed by atoms with E-state index in [9.17, 15) is 4.79 Å². The molecule has 0 aliphatic rings. The second kappa shape index (κ2) is 2.92. The fourth-order valence-corrected chi connectivity index (χ4v) is 0.755. The Hall–Kier alpha value is -2.03. The molecule has 12 heavy (non-hydrogen) atoms. The highest BCUT2D eigenvalue weighted by molar-refractivity contribution is 5.74. The molecule has 0 atom stereocenters. The lowest BCUT2D eigenvalue weighted by Gasteiger charge is -1.98. The molecule has 1 aromatic rings. The predicted octanol–water partition coefficient (Wildman–Crippen LogP) is -1.18. The maximum absolute atomic E-state index is 10.4. The number of hydrogen-bond donors (Lipinski definition) is 2. The Bertz CT molecular complexity index is 347. The molecule has 0 unspecified atom stereocenters. The molecule has 62 valence electrons. The van der Waals surface area contributed by atoms with E-state index in [4.69, 9.17) is 16.7 Å². The summed E-state index contributed by atoms with van der Waals surface area (Å²) in [7, 11) is 0. The van der Waals surface area contributed by atoms with Crippen molar-refractivity contribution in [3.63, 3.8) is 0 Å². The van der Waals surface area contributed by atoms with Crippen LogP contribution in [0.1, 0.15) is 5.56 Å². The minimum atomic E-state index is -0.547. The summed E-state index contributed by atoms with van der Waals surface area (Å²) in [5, 5.41) is 12.2. The summed E-state index contributed by atoms with van der Waals surface area (Å²) in [5.41, 5.74) is 10.6. The maximum atomic E-state index is 10.4. The molecule has 1 rings (SSSR count). The van der Waals surface area contributed by atoms with Gasteiger partial charge in [0, 0.05) is 0 Å². The first-order valence-electron chi connectivity index (χ1n) is 3.15. The topological polar surface area (TPSA) is 111 Å². The summed E-state index contributed by atoms with van der Waals surface area (Å²) in [5.74, 6) is -0.384. The normalized spacial score (nSPS) is 9.25. The molecule has 0 spiro atoms. The Labute approximate surface area is 68.4 Å². The second-order valence-corrected chi connectivity index (χ2v) is 2.18. The molecule has 1 heterocycles. The zero-order chi connectivity index (χ0) is 9.14. The van der Waals surface area contributed by atoms with Crippen LogP contribution in [0.2, 0.25) is 0 Å². The minimum absolute atomic E-state index is 0.104. The number of aromatic nitrogens is 2. The molecule has 0 radical (unpaired) electrons. The smallest absolute Gasteiger partial charge is 0.239 e. The lowest BCUT2D eigenvalue weighted by atomic mass is 10.4. The van der Waals surface area contributed by atoms with Gasteiger partial charge in [-0.3, -0.25) is 4.79 Å². The Kier molecular flexibility index (Phi) is 1.96. The van der Waals surface area contributed by atoms with Gasteiger partial charge in [0.2, 0.25) is 5.91 Å².